The van der Waals surface area contributed by atoms with E-state index in [1.165, 1.54) is 12.1 Å². The molecule has 0 saturated carbocycles. The molecular formula is C27H29FN2O2. The summed E-state index contributed by atoms with van der Waals surface area (Å²) < 4.78 is 13.3. The lowest BCUT2D eigenvalue weighted by Crippen LogP contribution is -2.51. The first-order valence-corrected chi connectivity index (χ1v) is 10.9. The van der Waals surface area contributed by atoms with Gasteiger partial charge < -0.3 is 10.2 Å². The van der Waals surface area contributed by atoms with E-state index in [9.17, 15) is 14.0 Å². The lowest BCUT2D eigenvalue weighted by atomic mass is 10.0. The topological polar surface area (TPSA) is 49.4 Å². The minimum Gasteiger partial charge on any atom is -0.355 e. The molecule has 3 rings (SSSR count). The van der Waals surface area contributed by atoms with E-state index < -0.39 is 6.04 Å². The molecule has 0 fully saturated rings. The molecule has 1 atom stereocenters. The van der Waals surface area contributed by atoms with Crippen molar-refractivity contribution < 1.29 is 14.0 Å². The molecule has 4 nitrogen and oxygen atoms in total. The molecule has 0 radical (unpaired) electrons. The summed E-state index contributed by atoms with van der Waals surface area (Å²) in [6, 6.07) is 22.8. The molecular weight excluding hydrogens is 403 g/mol. The summed E-state index contributed by atoms with van der Waals surface area (Å²) in [7, 11) is 0. The Morgan fingerprint density at radius 1 is 0.906 bits per heavy atom. The average molecular weight is 433 g/mol. The van der Waals surface area contributed by atoms with Crippen LogP contribution in [0.2, 0.25) is 0 Å². The van der Waals surface area contributed by atoms with Crippen LogP contribution in [0.3, 0.4) is 0 Å². The fraction of sp³-hybridized carbons (Fsp3) is 0.259. The van der Waals surface area contributed by atoms with Gasteiger partial charge in [-0.15, -0.1) is 0 Å². The van der Waals surface area contributed by atoms with Crippen LogP contribution in [-0.2, 0) is 29.0 Å². The molecule has 5 heteroatoms. The van der Waals surface area contributed by atoms with Gasteiger partial charge in [-0.2, -0.15) is 0 Å². The minimum absolute atomic E-state index is 0.0941. The summed E-state index contributed by atoms with van der Waals surface area (Å²) in [4.78, 5) is 28.3. The molecule has 3 aromatic carbocycles. The van der Waals surface area contributed by atoms with Crippen molar-refractivity contribution >= 4 is 11.8 Å². The molecule has 0 aliphatic heterocycles. The van der Waals surface area contributed by atoms with Crippen LogP contribution in [-0.4, -0.2) is 29.3 Å². The van der Waals surface area contributed by atoms with E-state index in [4.69, 9.17) is 0 Å². The number of halogens is 1. The molecule has 0 saturated heterocycles. The molecule has 0 unspecified atom stereocenters. The Labute approximate surface area is 189 Å². The van der Waals surface area contributed by atoms with Crippen LogP contribution in [0, 0.1) is 12.7 Å². The van der Waals surface area contributed by atoms with Gasteiger partial charge in [0.15, 0.2) is 0 Å². The van der Waals surface area contributed by atoms with Crippen molar-refractivity contribution in [3.8, 4) is 0 Å². The maximum absolute atomic E-state index is 13.5. The van der Waals surface area contributed by atoms with Gasteiger partial charge in [-0.05, 0) is 48.2 Å². The summed E-state index contributed by atoms with van der Waals surface area (Å²) in [5.41, 5.74) is 3.73. The number of carbonyl (C=O) groups excluding carboxylic acids is 2. The van der Waals surface area contributed by atoms with Crippen LogP contribution in [0.1, 0.15) is 29.2 Å². The number of aryl methyl sites for hydroxylation is 1. The molecule has 0 spiro atoms. The van der Waals surface area contributed by atoms with E-state index in [2.05, 4.69) is 5.32 Å². The second kappa shape index (κ2) is 11.2. The average Bonchev–Trinajstić information content (AvgIpc) is 2.79. The summed E-state index contributed by atoms with van der Waals surface area (Å²) in [5, 5.41) is 2.89. The maximum atomic E-state index is 13.5. The van der Waals surface area contributed by atoms with Crippen molar-refractivity contribution in [3.05, 3.63) is 107 Å². The van der Waals surface area contributed by atoms with Crippen LogP contribution in [0.5, 0.6) is 0 Å². The van der Waals surface area contributed by atoms with Crippen LogP contribution >= 0.6 is 0 Å². The van der Waals surface area contributed by atoms with Crippen molar-refractivity contribution in [3.63, 3.8) is 0 Å². The van der Waals surface area contributed by atoms with Crippen LogP contribution in [0.4, 0.5) is 4.39 Å². The second-order valence-electron chi connectivity index (χ2n) is 7.85. The standard InChI is InChI=1S/C27H29FN2O2/c1-3-29-27(32)25(17-21-10-5-4-6-11-21)30(19-23-12-8-7-9-20(23)2)26(31)18-22-13-15-24(28)16-14-22/h4-16,25H,3,17-19H2,1-2H3,(H,29,32)/t25-/m0/s1. The Morgan fingerprint density at radius 3 is 2.22 bits per heavy atom. The highest BCUT2D eigenvalue weighted by atomic mass is 19.1. The summed E-state index contributed by atoms with van der Waals surface area (Å²) in [6.07, 6.45) is 0.505. The van der Waals surface area contributed by atoms with E-state index >= 15 is 0 Å². The van der Waals surface area contributed by atoms with Gasteiger partial charge in [0.1, 0.15) is 11.9 Å². The van der Waals surface area contributed by atoms with Gasteiger partial charge >= 0.3 is 0 Å². The number of likely N-dealkylation sites (N-methyl/N-ethyl adjacent to an activating group) is 1. The maximum Gasteiger partial charge on any atom is 0.243 e. The minimum atomic E-state index is -0.662. The molecule has 166 valence electrons. The van der Waals surface area contributed by atoms with Crippen molar-refractivity contribution in [2.24, 2.45) is 0 Å². The normalized spacial score (nSPS) is 11.6. The molecule has 3 aromatic rings. The smallest absolute Gasteiger partial charge is 0.243 e. The third-order valence-electron chi connectivity index (χ3n) is 5.49. The van der Waals surface area contributed by atoms with Gasteiger partial charge in [0.2, 0.25) is 11.8 Å². The molecule has 0 heterocycles. The molecule has 1 N–H and O–H groups in total. The zero-order chi connectivity index (χ0) is 22.9. The van der Waals surface area contributed by atoms with E-state index in [0.29, 0.717) is 25.1 Å². The summed E-state index contributed by atoms with van der Waals surface area (Å²) in [5.74, 6) is -0.702. The Bertz CT molecular complexity index is 1040. The second-order valence-corrected chi connectivity index (χ2v) is 7.85. The zero-order valence-electron chi connectivity index (χ0n) is 18.6. The number of nitrogens with zero attached hydrogens (tertiary/aromatic N) is 1. The quantitative estimate of drug-likeness (QED) is 0.543. The van der Waals surface area contributed by atoms with Gasteiger partial charge in [-0.1, -0.05) is 66.7 Å². The van der Waals surface area contributed by atoms with Crippen molar-refractivity contribution in [2.75, 3.05) is 6.54 Å². The zero-order valence-corrected chi connectivity index (χ0v) is 18.6. The highest BCUT2D eigenvalue weighted by Crippen LogP contribution is 2.18. The predicted molar refractivity (Wildman–Crippen MR) is 124 cm³/mol. The molecule has 0 aliphatic rings. The van der Waals surface area contributed by atoms with Crippen molar-refractivity contribution in [2.45, 2.75) is 39.3 Å². The number of nitrogens with one attached hydrogen (secondary N) is 1. The number of rotatable bonds is 9. The van der Waals surface area contributed by atoms with E-state index in [-0.39, 0.29) is 24.1 Å². The van der Waals surface area contributed by atoms with E-state index in [1.807, 2.05) is 68.4 Å². The Morgan fingerprint density at radius 2 is 1.56 bits per heavy atom. The largest absolute Gasteiger partial charge is 0.355 e. The number of benzene rings is 3. The molecule has 0 aliphatic carbocycles. The third-order valence-corrected chi connectivity index (χ3v) is 5.49. The molecule has 0 aromatic heterocycles. The Balaban J connectivity index is 1.95. The van der Waals surface area contributed by atoms with Gasteiger partial charge in [0.25, 0.3) is 0 Å². The molecule has 0 bridgehead atoms. The van der Waals surface area contributed by atoms with Gasteiger partial charge in [0.05, 0.1) is 6.42 Å². The highest BCUT2D eigenvalue weighted by Gasteiger charge is 2.30. The van der Waals surface area contributed by atoms with Gasteiger partial charge in [0, 0.05) is 19.5 Å². The Hall–Kier alpha value is -3.47. The van der Waals surface area contributed by atoms with Gasteiger partial charge in [-0.3, -0.25) is 9.59 Å². The van der Waals surface area contributed by atoms with E-state index in [1.54, 1.807) is 17.0 Å². The first kappa shape index (κ1) is 23.2. The van der Waals surface area contributed by atoms with Crippen LogP contribution in [0.25, 0.3) is 0 Å². The first-order valence-electron chi connectivity index (χ1n) is 10.9. The first-order chi connectivity index (χ1) is 15.5. The fourth-order valence-corrected chi connectivity index (χ4v) is 3.70. The fourth-order valence-electron chi connectivity index (χ4n) is 3.70. The number of carbonyl (C=O) groups is 2. The van der Waals surface area contributed by atoms with Crippen molar-refractivity contribution in [1.29, 1.82) is 0 Å². The van der Waals surface area contributed by atoms with Gasteiger partial charge in [-0.25, -0.2) is 4.39 Å². The van der Waals surface area contributed by atoms with E-state index in [0.717, 1.165) is 16.7 Å². The van der Waals surface area contributed by atoms with Crippen molar-refractivity contribution in [1.82, 2.24) is 10.2 Å². The number of amides is 2. The summed E-state index contributed by atoms with van der Waals surface area (Å²) >= 11 is 0. The predicted octanol–water partition coefficient (Wildman–Crippen LogP) is 4.45. The summed E-state index contributed by atoms with van der Waals surface area (Å²) in [6.45, 7) is 4.66. The SMILES string of the molecule is CCNC(=O)[C@H](Cc1ccccc1)N(Cc1ccccc1C)C(=O)Cc1ccc(F)cc1. The monoisotopic (exact) mass is 432 g/mol. The number of hydrogen-bond acceptors (Lipinski definition) is 2. The third kappa shape index (κ3) is 6.27. The number of hydrogen-bond donors (Lipinski definition) is 1. The van der Waals surface area contributed by atoms with Crippen LogP contribution < -0.4 is 5.32 Å². The lowest BCUT2D eigenvalue weighted by Gasteiger charge is -2.32. The van der Waals surface area contributed by atoms with Crippen LogP contribution in [0.15, 0.2) is 78.9 Å². The highest BCUT2D eigenvalue weighted by molar-refractivity contribution is 5.88. The molecule has 2 amide bonds. The Kier molecular flexibility index (Phi) is 8.14. The molecule has 32 heavy (non-hydrogen) atoms. The lowest BCUT2D eigenvalue weighted by molar-refractivity contribution is -0.140.